The van der Waals surface area contributed by atoms with Gasteiger partial charge in [-0.3, -0.25) is 4.99 Å². The molecule has 0 aliphatic rings. The van der Waals surface area contributed by atoms with Gasteiger partial charge in [-0.1, -0.05) is 31.3 Å². The fraction of sp³-hybridized carbons (Fsp3) is 0.333. The first-order valence-corrected chi connectivity index (χ1v) is 10.5. The van der Waals surface area contributed by atoms with Crippen LogP contribution < -0.4 is 15.2 Å². The maximum Gasteiger partial charge on any atom is 0.358 e. The molecule has 0 radical (unpaired) electrons. The summed E-state index contributed by atoms with van der Waals surface area (Å²) in [5.74, 6) is 0.842. The number of ether oxygens (including phenoxy) is 2. The van der Waals surface area contributed by atoms with E-state index in [4.69, 9.17) is 27.4 Å². The molecule has 160 valence electrons. The van der Waals surface area contributed by atoms with E-state index in [1.54, 1.807) is 36.4 Å². The Morgan fingerprint density at radius 1 is 1.20 bits per heavy atom. The number of aliphatic imine (C=N–C) groups is 1. The minimum absolute atomic E-state index is 0.282. The third-order valence-corrected chi connectivity index (χ3v) is 5.01. The van der Waals surface area contributed by atoms with Crippen LogP contribution in [0.4, 0.5) is 0 Å². The van der Waals surface area contributed by atoms with Crippen molar-refractivity contribution in [3.05, 3.63) is 64.6 Å². The van der Waals surface area contributed by atoms with E-state index in [1.165, 1.54) is 0 Å². The molecule has 0 fully saturated rings. The van der Waals surface area contributed by atoms with Gasteiger partial charge in [0.05, 0.1) is 11.3 Å². The lowest BCUT2D eigenvalue weighted by Crippen LogP contribution is -2.24. The van der Waals surface area contributed by atoms with Gasteiger partial charge in [-0.15, -0.1) is 4.91 Å². The van der Waals surface area contributed by atoms with Gasteiger partial charge in [0.2, 0.25) is 0 Å². The molecule has 9 heteroatoms. The summed E-state index contributed by atoms with van der Waals surface area (Å²) in [6, 6.07) is 13.9. The summed E-state index contributed by atoms with van der Waals surface area (Å²) < 4.78 is 13.5. The molecule has 0 amide bonds. The van der Waals surface area contributed by atoms with Crippen LogP contribution >= 0.6 is 24.2 Å². The first-order chi connectivity index (χ1) is 14.3. The van der Waals surface area contributed by atoms with Gasteiger partial charge in [-0.2, -0.15) is 0 Å². The number of aliphatic hydroxyl groups excluding tert-OH is 1. The Morgan fingerprint density at radius 3 is 2.47 bits per heavy atom. The van der Waals surface area contributed by atoms with E-state index in [1.807, 2.05) is 32.9 Å². The number of nitrogens with two attached hydrogens (primary N) is 1. The van der Waals surface area contributed by atoms with Crippen molar-refractivity contribution in [3.63, 3.8) is 0 Å². The summed E-state index contributed by atoms with van der Waals surface area (Å²) in [6.07, 6.45) is 0.646. The van der Waals surface area contributed by atoms with Crippen LogP contribution in [0, 0.1) is 4.91 Å². The van der Waals surface area contributed by atoms with Gasteiger partial charge in [0.25, 0.3) is 0 Å². The Morgan fingerprint density at radius 2 is 1.87 bits per heavy atom. The second kappa shape index (κ2) is 11.1. The van der Waals surface area contributed by atoms with Crippen molar-refractivity contribution in [2.45, 2.75) is 38.4 Å². The quantitative estimate of drug-likeness (QED) is 0.172. The zero-order valence-corrected chi connectivity index (χ0v) is 18.7. The Hall–Kier alpha value is -2.49. The van der Waals surface area contributed by atoms with Crippen molar-refractivity contribution in [1.29, 1.82) is 0 Å². The van der Waals surface area contributed by atoms with Crippen molar-refractivity contribution in [2.24, 2.45) is 15.3 Å². The van der Waals surface area contributed by atoms with E-state index in [-0.39, 0.29) is 4.99 Å². The highest BCUT2D eigenvalue weighted by molar-refractivity contribution is 7.99. The second-order valence-corrected chi connectivity index (χ2v) is 8.85. The minimum atomic E-state index is -1.52. The molecule has 2 rings (SSSR count). The minimum Gasteiger partial charge on any atom is -0.432 e. The predicted octanol–water partition coefficient (Wildman–Crippen LogP) is 4.45. The summed E-state index contributed by atoms with van der Waals surface area (Å²) in [7, 11) is 0. The van der Waals surface area contributed by atoms with Gasteiger partial charge >= 0.3 is 6.48 Å². The maximum absolute atomic E-state index is 10.6. The van der Waals surface area contributed by atoms with Crippen LogP contribution in [0.15, 0.2) is 58.1 Å². The largest absolute Gasteiger partial charge is 0.432 e. The van der Waals surface area contributed by atoms with Gasteiger partial charge in [0.1, 0.15) is 16.5 Å². The van der Waals surface area contributed by atoms with Crippen molar-refractivity contribution < 1.29 is 14.6 Å². The number of benzene rings is 2. The lowest BCUT2D eigenvalue weighted by atomic mass is 10.1. The van der Waals surface area contributed by atoms with Crippen molar-refractivity contribution >= 4 is 34.9 Å². The molecule has 30 heavy (non-hydrogen) atoms. The van der Waals surface area contributed by atoms with Crippen LogP contribution in [-0.2, 0) is 0 Å². The Labute approximate surface area is 185 Å². The topological polar surface area (TPSA) is 106 Å². The van der Waals surface area contributed by atoms with E-state index in [0.717, 1.165) is 23.2 Å². The lowest BCUT2D eigenvalue weighted by Gasteiger charge is -2.19. The molecule has 0 aromatic heterocycles. The first kappa shape index (κ1) is 23.8. The number of para-hydroxylation sites is 1. The number of thiocarbonyl (C=S) groups is 1. The van der Waals surface area contributed by atoms with E-state index in [0.29, 0.717) is 30.0 Å². The van der Waals surface area contributed by atoms with Crippen LogP contribution in [0.1, 0.15) is 38.3 Å². The molecule has 0 heterocycles. The number of rotatable bonds is 11. The normalized spacial score (nSPS) is 12.9. The molecule has 0 saturated carbocycles. The number of aliphatic hydroxyl groups is 1. The molecule has 1 atom stereocenters. The van der Waals surface area contributed by atoms with Gasteiger partial charge in [-0.25, -0.2) is 0 Å². The average molecular weight is 448 g/mol. The standard InChI is InChI=1S/C21H25N3O4S2/c1-4-17(23-13-21(2,3)30-24-26)16-7-5-6-8-18(16)28-20(25)27-15-11-9-14(10-12-15)19(22)29/h5-12,20,25H,4,13H2,1-3H3,(H2,22,29). The molecule has 1 unspecified atom stereocenters. The number of nitrogens with zero attached hydrogens (tertiary/aromatic N) is 2. The maximum atomic E-state index is 10.6. The molecule has 0 bridgehead atoms. The molecule has 0 aliphatic carbocycles. The van der Waals surface area contributed by atoms with E-state index in [2.05, 4.69) is 9.57 Å². The van der Waals surface area contributed by atoms with E-state index >= 15 is 0 Å². The Balaban J connectivity index is 2.14. The van der Waals surface area contributed by atoms with Crippen molar-refractivity contribution in [1.82, 2.24) is 0 Å². The summed E-state index contributed by atoms with van der Waals surface area (Å²) >= 11 is 5.87. The molecule has 0 saturated heterocycles. The molecule has 7 nitrogen and oxygen atoms in total. The van der Waals surface area contributed by atoms with Crippen LogP contribution in [0.2, 0.25) is 0 Å². The number of nitroso groups, excluding NO2 is 1. The summed E-state index contributed by atoms with van der Waals surface area (Å²) in [6.45, 7) is 4.67. The highest BCUT2D eigenvalue weighted by Crippen LogP contribution is 2.27. The molecule has 3 N–H and O–H groups in total. The van der Waals surface area contributed by atoms with Gasteiger partial charge in [0, 0.05) is 33.4 Å². The van der Waals surface area contributed by atoms with Crippen LogP contribution in [-0.4, -0.2) is 33.6 Å². The number of hydrogen-bond acceptors (Lipinski definition) is 8. The highest BCUT2D eigenvalue weighted by Gasteiger charge is 2.20. The molecule has 0 aliphatic heterocycles. The second-order valence-electron chi connectivity index (χ2n) is 6.97. The third kappa shape index (κ3) is 7.08. The predicted molar refractivity (Wildman–Crippen MR) is 125 cm³/mol. The van der Waals surface area contributed by atoms with Gasteiger partial charge in [-0.05, 0) is 56.7 Å². The average Bonchev–Trinajstić information content (AvgIpc) is 2.69. The van der Waals surface area contributed by atoms with Crippen molar-refractivity contribution in [2.75, 3.05) is 6.54 Å². The Kier molecular flexibility index (Phi) is 8.76. The SMILES string of the molecule is CCC(=NCC(C)(C)SN=O)c1ccccc1OC(O)Oc1ccc(C(N)=S)cc1. The fourth-order valence-corrected chi connectivity index (χ4v) is 3.02. The number of hydrogen-bond donors (Lipinski definition) is 2. The van der Waals surface area contributed by atoms with E-state index in [9.17, 15) is 10.0 Å². The van der Waals surface area contributed by atoms with Crippen molar-refractivity contribution in [3.8, 4) is 11.5 Å². The molecular formula is C21H25N3O4S2. The zero-order chi connectivity index (χ0) is 22.1. The summed E-state index contributed by atoms with van der Waals surface area (Å²) in [5.41, 5.74) is 7.81. The third-order valence-electron chi connectivity index (χ3n) is 4.07. The van der Waals surface area contributed by atoms with Gasteiger partial charge in [0.15, 0.2) is 0 Å². The molecular weight excluding hydrogens is 422 g/mol. The fourth-order valence-electron chi connectivity index (χ4n) is 2.56. The Bertz CT molecular complexity index is 901. The first-order valence-electron chi connectivity index (χ1n) is 9.30. The lowest BCUT2D eigenvalue weighted by molar-refractivity contribution is -0.160. The van der Waals surface area contributed by atoms with Crippen LogP contribution in [0.5, 0.6) is 11.5 Å². The summed E-state index contributed by atoms with van der Waals surface area (Å²) in [5, 5.41) is 10.3. The molecule has 0 spiro atoms. The van der Waals surface area contributed by atoms with Gasteiger partial charge < -0.3 is 20.3 Å². The monoisotopic (exact) mass is 447 g/mol. The summed E-state index contributed by atoms with van der Waals surface area (Å²) in [4.78, 5) is 15.5. The molecule has 2 aromatic rings. The highest BCUT2D eigenvalue weighted by atomic mass is 32.2. The molecule has 2 aromatic carbocycles. The smallest absolute Gasteiger partial charge is 0.358 e. The van der Waals surface area contributed by atoms with Crippen LogP contribution in [0.25, 0.3) is 0 Å². The van der Waals surface area contributed by atoms with Crippen LogP contribution in [0.3, 0.4) is 0 Å². The van der Waals surface area contributed by atoms with E-state index < -0.39 is 11.2 Å². The zero-order valence-electron chi connectivity index (χ0n) is 17.1.